The molecule has 0 fully saturated rings. The van der Waals surface area contributed by atoms with Crippen molar-refractivity contribution in [3.8, 4) is 11.4 Å². The molecule has 4 rings (SSSR count). The van der Waals surface area contributed by atoms with E-state index < -0.39 is 33.9 Å². The van der Waals surface area contributed by atoms with Gasteiger partial charge in [0.1, 0.15) is 22.6 Å². The lowest BCUT2D eigenvalue weighted by Gasteiger charge is -2.28. The first-order valence-corrected chi connectivity index (χ1v) is 13.6. The third kappa shape index (κ3) is 5.57. The van der Waals surface area contributed by atoms with Crippen LogP contribution in [0.15, 0.2) is 70.8 Å². The quantitative estimate of drug-likeness (QED) is 0.246. The summed E-state index contributed by atoms with van der Waals surface area (Å²) in [5.74, 6) is -1.28. The first kappa shape index (κ1) is 27.3. The summed E-state index contributed by atoms with van der Waals surface area (Å²) < 4.78 is 61.1. The Morgan fingerprint density at radius 3 is 2.41 bits per heavy atom. The van der Waals surface area contributed by atoms with E-state index in [0.717, 1.165) is 17.3 Å². The van der Waals surface area contributed by atoms with Crippen LogP contribution in [0.2, 0.25) is 5.02 Å². The highest BCUT2D eigenvalue weighted by molar-refractivity contribution is 7.98. The highest BCUT2D eigenvalue weighted by Gasteiger charge is 2.30. The summed E-state index contributed by atoms with van der Waals surface area (Å²) in [5.41, 5.74) is 1.66. The van der Waals surface area contributed by atoms with Gasteiger partial charge in [-0.05, 0) is 54.1 Å². The molecule has 1 atom stereocenters. The van der Waals surface area contributed by atoms with Crippen LogP contribution in [0.5, 0.6) is 5.75 Å². The standard InChI is InChI=1S/C26H23ClF3N3O2S2/c1-26(2,15-4-9-21(29)23(10-15)35-3)24-13-32-25(33(24)17-7-5-16(28)6-8-17)36-14-19-20(27)11-18(37(31)34)12-22(19)30/h4-13H,14,31H2,1-3H3. The zero-order chi connectivity index (χ0) is 26.9. The summed E-state index contributed by atoms with van der Waals surface area (Å²) >= 11 is 7.49. The first-order valence-electron chi connectivity index (χ1n) is 11.0. The van der Waals surface area contributed by atoms with Crippen LogP contribution in [-0.2, 0) is 22.2 Å². The normalized spacial score (nSPS) is 12.5. The molecule has 5 nitrogen and oxygen atoms in total. The van der Waals surface area contributed by atoms with Crippen molar-refractivity contribution in [3.63, 3.8) is 0 Å². The van der Waals surface area contributed by atoms with E-state index >= 15 is 0 Å². The molecule has 0 radical (unpaired) electrons. The molecule has 1 aromatic heterocycles. The van der Waals surface area contributed by atoms with Gasteiger partial charge in [0.2, 0.25) is 0 Å². The Labute approximate surface area is 224 Å². The number of hydrogen-bond acceptors (Lipinski definition) is 4. The van der Waals surface area contributed by atoms with Crippen molar-refractivity contribution in [2.45, 2.75) is 35.1 Å². The highest BCUT2D eigenvalue weighted by atomic mass is 35.5. The van der Waals surface area contributed by atoms with Gasteiger partial charge in [0.15, 0.2) is 16.7 Å². The van der Waals surface area contributed by atoms with Crippen LogP contribution in [0.25, 0.3) is 5.69 Å². The Morgan fingerprint density at radius 2 is 1.78 bits per heavy atom. The van der Waals surface area contributed by atoms with Crippen LogP contribution in [0.3, 0.4) is 0 Å². The number of nitrogens with two attached hydrogens (primary N) is 1. The molecule has 1 heterocycles. The molecule has 0 bridgehead atoms. The molecule has 0 aliphatic rings. The van der Waals surface area contributed by atoms with Crippen LogP contribution in [-0.4, -0.2) is 20.9 Å². The summed E-state index contributed by atoms with van der Waals surface area (Å²) in [6.07, 6.45) is 1.68. The van der Waals surface area contributed by atoms with Gasteiger partial charge in [-0.1, -0.05) is 43.3 Å². The van der Waals surface area contributed by atoms with Crippen LogP contribution >= 0.6 is 23.4 Å². The fourth-order valence-electron chi connectivity index (χ4n) is 3.88. The van der Waals surface area contributed by atoms with E-state index in [1.165, 1.54) is 43.1 Å². The summed E-state index contributed by atoms with van der Waals surface area (Å²) in [7, 11) is -0.470. The Bertz CT molecular complexity index is 1450. The van der Waals surface area contributed by atoms with E-state index in [0.29, 0.717) is 10.8 Å². The van der Waals surface area contributed by atoms with Crippen molar-refractivity contribution in [2.75, 3.05) is 7.11 Å². The van der Waals surface area contributed by atoms with Crippen molar-refractivity contribution in [1.29, 1.82) is 0 Å². The largest absolute Gasteiger partial charge is 0.494 e. The number of imidazole rings is 1. The minimum Gasteiger partial charge on any atom is -0.494 e. The van der Waals surface area contributed by atoms with Crippen LogP contribution in [0, 0.1) is 17.5 Å². The number of ether oxygens (including phenoxy) is 1. The molecule has 0 amide bonds. The Morgan fingerprint density at radius 1 is 1.08 bits per heavy atom. The molecular formula is C26H23ClF3N3O2S2. The maximum Gasteiger partial charge on any atom is 0.173 e. The SMILES string of the molecule is COc1cc(C(C)(C)c2cnc(SCc3c(F)cc(S(N)=O)cc3Cl)n2-c2ccc(F)cc2)ccc1F. The third-order valence-corrected chi connectivity index (χ3v) is 8.04. The van der Waals surface area contributed by atoms with Crippen LogP contribution in [0.4, 0.5) is 13.2 Å². The highest BCUT2D eigenvalue weighted by Crippen LogP contribution is 2.39. The second kappa shape index (κ2) is 10.9. The molecule has 194 valence electrons. The molecule has 3 aromatic carbocycles. The monoisotopic (exact) mass is 565 g/mol. The number of hydrogen-bond donors (Lipinski definition) is 1. The van der Waals surface area contributed by atoms with Gasteiger partial charge < -0.3 is 4.74 Å². The van der Waals surface area contributed by atoms with Gasteiger partial charge >= 0.3 is 0 Å². The van der Waals surface area contributed by atoms with Crippen molar-refractivity contribution in [2.24, 2.45) is 5.14 Å². The van der Waals surface area contributed by atoms with Crippen molar-refractivity contribution < 1.29 is 22.1 Å². The van der Waals surface area contributed by atoms with Crippen molar-refractivity contribution >= 4 is 34.3 Å². The molecule has 0 aliphatic carbocycles. The zero-order valence-corrected chi connectivity index (χ0v) is 22.5. The molecular weight excluding hydrogens is 543 g/mol. The lowest BCUT2D eigenvalue weighted by molar-refractivity contribution is 0.384. The van der Waals surface area contributed by atoms with E-state index in [-0.39, 0.29) is 27.0 Å². The van der Waals surface area contributed by atoms with E-state index in [1.807, 2.05) is 18.4 Å². The molecule has 0 spiro atoms. The number of benzene rings is 3. The van der Waals surface area contributed by atoms with Gasteiger partial charge in [-0.15, -0.1) is 0 Å². The third-order valence-electron chi connectivity index (χ3n) is 6.02. The topological polar surface area (TPSA) is 70.1 Å². The second-order valence-corrected chi connectivity index (χ2v) is 11.1. The summed E-state index contributed by atoms with van der Waals surface area (Å²) in [4.78, 5) is 4.67. The van der Waals surface area contributed by atoms with Gasteiger partial charge in [0.25, 0.3) is 0 Å². The Balaban J connectivity index is 1.78. The lowest BCUT2D eigenvalue weighted by atomic mass is 9.81. The Hall–Kier alpha value is -2.79. The lowest BCUT2D eigenvalue weighted by Crippen LogP contribution is -2.23. The van der Waals surface area contributed by atoms with Gasteiger partial charge in [0.05, 0.1) is 23.9 Å². The predicted molar refractivity (Wildman–Crippen MR) is 140 cm³/mol. The van der Waals surface area contributed by atoms with E-state index in [4.69, 9.17) is 21.5 Å². The molecule has 11 heteroatoms. The van der Waals surface area contributed by atoms with Crippen molar-refractivity contribution in [1.82, 2.24) is 9.55 Å². The number of halogens is 4. The van der Waals surface area contributed by atoms with E-state index in [9.17, 15) is 17.4 Å². The fourth-order valence-corrected chi connectivity index (χ4v) is 5.78. The summed E-state index contributed by atoms with van der Waals surface area (Å²) in [6.45, 7) is 3.90. The summed E-state index contributed by atoms with van der Waals surface area (Å²) in [6, 6.07) is 13.0. The number of aromatic nitrogens is 2. The summed E-state index contributed by atoms with van der Waals surface area (Å²) in [5, 5.41) is 5.96. The van der Waals surface area contributed by atoms with Gasteiger partial charge in [-0.25, -0.2) is 27.5 Å². The molecule has 0 saturated carbocycles. The number of methoxy groups -OCH3 is 1. The van der Waals surface area contributed by atoms with E-state index in [2.05, 4.69) is 4.98 Å². The average Bonchev–Trinajstić information content (AvgIpc) is 3.28. The minimum absolute atomic E-state index is 0.0859. The molecule has 0 aliphatic heterocycles. The van der Waals surface area contributed by atoms with Crippen LogP contribution in [0.1, 0.15) is 30.7 Å². The predicted octanol–water partition coefficient (Wildman–Crippen LogP) is 6.55. The average molecular weight is 566 g/mol. The van der Waals surface area contributed by atoms with Crippen LogP contribution < -0.4 is 9.88 Å². The van der Waals surface area contributed by atoms with E-state index in [1.54, 1.807) is 30.5 Å². The number of thioether (sulfide) groups is 1. The van der Waals surface area contributed by atoms with Crippen molar-refractivity contribution in [3.05, 3.63) is 100 Å². The molecule has 1 unspecified atom stereocenters. The molecule has 4 aromatic rings. The fraction of sp³-hybridized carbons (Fsp3) is 0.192. The molecule has 0 saturated heterocycles. The number of rotatable bonds is 8. The maximum atomic E-state index is 14.8. The smallest absolute Gasteiger partial charge is 0.173 e. The number of nitrogens with zero attached hydrogens (tertiary/aromatic N) is 2. The van der Waals surface area contributed by atoms with Gasteiger partial charge in [0, 0.05) is 27.4 Å². The van der Waals surface area contributed by atoms with Gasteiger partial charge in [-0.3, -0.25) is 4.57 Å². The Kier molecular flexibility index (Phi) is 8.03. The van der Waals surface area contributed by atoms with Gasteiger partial charge in [-0.2, -0.15) is 0 Å². The molecule has 2 N–H and O–H groups in total. The minimum atomic E-state index is -1.87. The maximum absolute atomic E-state index is 14.8. The second-order valence-electron chi connectivity index (χ2n) is 8.66. The first-order chi connectivity index (χ1) is 17.5. The zero-order valence-electron chi connectivity index (χ0n) is 20.1. The molecule has 37 heavy (non-hydrogen) atoms.